The summed E-state index contributed by atoms with van der Waals surface area (Å²) in [4.78, 5) is 0. The first-order valence-corrected chi connectivity index (χ1v) is 9.09. The van der Waals surface area contributed by atoms with Crippen molar-refractivity contribution in [1.82, 2.24) is 0 Å². The van der Waals surface area contributed by atoms with Crippen LogP contribution < -0.4 is 0 Å². The lowest BCUT2D eigenvalue weighted by molar-refractivity contribution is 0.549. The van der Waals surface area contributed by atoms with E-state index < -0.39 is 0 Å². The largest absolute Gasteiger partial charge is 0.0622 e. The molecule has 2 aliphatic rings. The van der Waals surface area contributed by atoms with Gasteiger partial charge in [-0.15, -0.1) is 0 Å². The van der Waals surface area contributed by atoms with Gasteiger partial charge in [0, 0.05) is 5.41 Å². The second kappa shape index (κ2) is 5.08. The molecular formula is C24H22. The van der Waals surface area contributed by atoms with Crippen LogP contribution in [0.5, 0.6) is 0 Å². The van der Waals surface area contributed by atoms with Gasteiger partial charge in [-0.3, -0.25) is 0 Å². The van der Waals surface area contributed by atoms with Gasteiger partial charge in [-0.2, -0.15) is 0 Å². The molecule has 0 heteroatoms. The van der Waals surface area contributed by atoms with Crippen LogP contribution in [0, 0.1) is 6.92 Å². The third kappa shape index (κ3) is 1.86. The van der Waals surface area contributed by atoms with E-state index in [0.29, 0.717) is 0 Å². The first-order chi connectivity index (χ1) is 11.8. The van der Waals surface area contributed by atoms with E-state index in [1.807, 2.05) is 0 Å². The first kappa shape index (κ1) is 14.0. The standard InChI is InChI=1S/C24H22/c1-17-9-11-20-21-12-10-19(18-7-3-2-4-8-18)16-23(21)24(22(20)15-17)13-5-6-14-24/h2-4,7-12,15-16H,5-6,13-14H2,1H3. The fraction of sp³-hybridized carbons (Fsp3) is 0.250. The van der Waals surface area contributed by atoms with Crippen molar-refractivity contribution < 1.29 is 0 Å². The zero-order valence-electron chi connectivity index (χ0n) is 14.2. The number of hydrogen-bond acceptors (Lipinski definition) is 0. The van der Waals surface area contributed by atoms with Crippen molar-refractivity contribution in [1.29, 1.82) is 0 Å². The van der Waals surface area contributed by atoms with Crippen molar-refractivity contribution >= 4 is 0 Å². The van der Waals surface area contributed by atoms with E-state index >= 15 is 0 Å². The molecule has 0 N–H and O–H groups in total. The van der Waals surface area contributed by atoms with Crippen LogP contribution in [0.25, 0.3) is 22.3 Å². The molecule has 118 valence electrons. The summed E-state index contributed by atoms with van der Waals surface area (Å²) in [5.74, 6) is 0. The third-order valence-corrected chi connectivity index (χ3v) is 6.08. The highest BCUT2D eigenvalue weighted by atomic mass is 14.5. The van der Waals surface area contributed by atoms with Crippen LogP contribution >= 0.6 is 0 Å². The first-order valence-electron chi connectivity index (χ1n) is 9.09. The molecule has 0 heterocycles. The Kier molecular flexibility index (Phi) is 2.97. The van der Waals surface area contributed by atoms with Crippen LogP contribution in [0.3, 0.4) is 0 Å². The van der Waals surface area contributed by atoms with Gasteiger partial charge in [0.25, 0.3) is 0 Å². The van der Waals surface area contributed by atoms with Gasteiger partial charge >= 0.3 is 0 Å². The Morgan fingerprint density at radius 3 is 2.08 bits per heavy atom. The Labute approximate surface area is 144 Å². The minimum atomic E-state index is 0.265. The highest BCUT2D eigenvalue weighted by molar-refractivity contribution is 5.84. The topological polar surface area (TPSA) is 0 Å². The molecule has 1 fully saturated rings. The van der Waals surface area contributed by atoms with E-state index in [0.717, 1.165) is 0 Å². The summed E-state index contributed by atoms with van der Waals surface area (Å²) in [5, 5.41) is 0. The molecule has 0 atom stereocenters. The maximum Gasteiger partial charge on any atom is 0.0215 e. The summed E-state index contributed by atoms with van der Waals surface area (Å²) >= 11 is 0. The van der Waals surface area contributed by atoms with Gasteiger partial charge in [-0.25, -0.2) is 0 Å². The smallest absolute Gasteiger partial charge is 0.0215 e. The maximum atomic E-state index is 2.48. The van der Waals surface area contributed by atoms with Crippen LogP contribution in [-0.4, -0.2) is 0 Å². The van der Waals surface area contributed by atoms with Gasteiger partial charge < -0.3 is 0 Å². The highest BCUT2D eigenvalue weighted by Gasteiger charge is 2.44. The van der Waals surface area contributed by atoms with Crippen molar-refractivity contribution in [2.45, 2.75) is 38.0 Å². The Hall–Kier alpha value is -2.34. The molecule has 24 heavy (non-hydrogen) atoms. The van der Waals surface area contributed by atoms with E-state index in [1.54, 1.807) is 11.1 Å². The predicted octanol–water partition coefficient (Wildman–Crippen LogP) is 6.50. The average molecular weight is 310 g/mol. The summed E-state index contributed by atoms with van der Waals surface area (Å²) in [6.07, 6.45) is 5.30. The fourth-order valence-corrected chi connectivity index (χ4v) is 4.94. The number of benzene rings is 3. The summed E-state index contributed by atoms with van der Waals surface area (Å²) < 4.78 is 0. The van der Waals surface area contributed by atoms with Gasteiger partial charge in [0.05, 0.1) is 0 Å². The SMILES string of the molecule is Cc1ccc2c(c1)C1(CCCC1)c1cc(-c3ccccc3)ccc1-2. The molecular weight excluding hydrogens is 288 g/mol. The van der Waals surface area contributed by atoms with E-state index in [2.05, 4.69) is 73.7 Å². The minimum absolute atomic E-state index is 0.265. The number of aryl methyl sites for hydroxylation is 1. The van der Waals surface area contributed by atoms with Crippen molar-refractivity contribution in [2.24, 2.45) is 0 Å². The van der Waals surface area contributed by atoms with Crippen LogP contribution in [-0.2, 0) is 5.41 Å². The molecule has 3 aromatic rings. The molecule has 0 nitrogen and oxygen atoms in total. The van der Waals surface area contributed by atoms with E-state index in [-0.39, 0.29) is 5.41 Å². The fourth-order valence-electron chi connectivity index (χ4n) is 4.94. The highest BCUT2D eigenvalue weighted by Crippen LogP contribution is 2.57. The lowest BCUT2D eigenvalue weighted by Gasteiger charge is -2.27. The quantitative estimate of drug-likeness (QED) is 0.481. The molecule has 0 amide bonds. The van der Waals surface area contributed by atoms with Gasteiger partial charge in [-0.05, 0) is 59.2 Å². The molecule has 0 aromatic heterocycles. The van der Waals surface area contributed by atoms with E-state index in [4.69, 9.17) is 0 Å². The molecule has 2 aliphatic carbocycles. The summed E-state index contributed by atoms with van der Waals surface area (Å²) in [7, 11) is 0. The molecule has 0 bridgehead atoms. The van der Waals surface area contributed by atoms with Crippen molar-refractivity contribution in [3.8, 4) is 22.3 Å². The molecule has 0 aliphatic heterocycles. The van der Waals surface area contributed by atoms with Gasteiger partial charge in [-0.1, -0.05) is 79.1 Å². The van der Waals surface area contributed by atoms with Crippen LogP contribution in [0.1, 0.15) is 42.4 Å². The zero-order valence-corrected chi connectivity index (χ0v) is 14.2. The van der Waals surface area contributed by atoms with Crippen LogP contribution in [0.4, 0.5) is 0 Å². The van der Waals surface area contributed by atoms with Crippen LogP contribution in [0.15, 0.2) is 66.7 Å². The molecule has 0 unspecified atom stereocenters. The number of hydrogen-bond donors (Lipinski definition) is 0. The van der Waals surface area contributed by atoms with E-state index in [1.165, 1.54) is 53.5 Å². The van der Waals surface area contributed by atoms with Crippen molar-refractivity contribution in [2.75, 3.05) is 0 Å². The normalized spacial score (nSPS) is 17.0. The van der Waals surface area contributed by atoms with Crippen molar-refractivity contribution in [3.05, 3.63) is 83.4 Å². The molecule has 5 rings (SSSR count). The summed E-state index contributed by atoms with van der Waals surface area (Å²) in [6.45, 7) is 2.22. The average Bonchev–Trinajstić information content (AvgIpc) is 3.21. The monoisotopic (exact) mass is 310 g/mol. The Morgan fingerprint density at radius 1 is 0.667 bits per heavy atom. The van der Waals surface area contributed by atoms with Crippen LogP contribution in [0.2, 0.25) is 0 Å². The Morgan fingerprint density at radius 2 is 1.33 bits per heavy atom. The Balaban J connectivity index is 1.76. The minimum Gasteiger partial charge on any atom is -0.0622 e. The van der Waals surface area contributed by atoms with Gasteiger partial charge in [0.1, 0.15) is 0 Å². The molecule has 1 saturated carbocycles. The van der Waals surface area contributed by atoms with E-state index in [9.17, 15) is 0 Å². The maximum absolute atomic E-state index is 2.48. The second-order valence-corrected chi connectivity index (χ2v) is 7.46. The molecule has 0 saturated heterocycles. The summed E-state index contributed by atoms with van der Waals surface area (Å²) in [6, 6.07) is 25.0. The van der Waals surface area contributed by atoms with Gasteiger partial charge in [0.2, 0.25) is 0 Å². The molecule has 0 radical (unpaired) electrons. The zero-order chi connectivity index (χ0) is 16.1. The molecule has 1 spiro atoms. The van der Waals surface area contributed by atoms with Gasteiger partial charge in [0.15, 0.2) is 0 Å². The lowest BCUT2D eigenvalue weighted by Crippen LogP contribution is -2.20. The number of rotatable bonds is 1. The second-order valence-electron chi connectivity index (χ2n) is 7.46. The Bertz CT molecular complexity index is 912. The lowest BCUT2D eigenvalue weighted by atomic mass is 9.76. The third-order valence-electron chi connectivity index (χ3n) is 6.08. The molecule has 3 aromatic carbocycles. The number of fused-ring (bicyclic) bond motifs is 5. The van der Waals surface area contributed by atoms with Crippen molar-refractivity contribution in [3.63, 3.8) is 0 Å². The summed E-state index contributed by atoms with van der Waals surface area (Å²) in [5.41, 5.74) is 10.4. The predicted molar refractivity (Wildman–Crippen MR) is 101 cm³/mol.